The van der Waals surface area contributed by atoms with Crippen molar-refractivity contribution in [1.29, 1.82) is 0 Å². The number of methoxy groups -OCH3 is 2. The van der Waals surface area contributed by atoms with Crippen LogP contribution in [0.4, 0.5) is 5.69 Å². The number of ether oxygens (including phenoxy) is 2. The van der Waals surface area contributed by atoms with Gasteiger partial charge in [-0.15, -0.1) is 0 Å². The Kier molecular flexibility index (Phi) is 6.71. The highest BCUT2D eigenvalue weighted by Crippen LogP contribution is 2.23. The van der Waals surface area contributed by atoms with Crippen LogP contribution in [0.15, 0.2) is 42.5 Å². The monoisotopic (exact) mass is 368 g/mol. The Bertz CT molecular complexity index is 730. The summed E-state index contributed by atoms with van der Waals surface area (Å²) in [6, 6.07) is 13.2. The lowest BCUT2D eigenvalue weighted by Gasteiger charge is -2.14. The number of benzene rings is 2. The highest BCUT2D eigenvalue weighted by Gasteiger charge is 2.11. The van der Waals surface area contributed by atoms with Gasteiger partial charge in [-0.25, -0.2) is 0 Å². The Morgan fingerprint density at radius 1 is 1.00 bits per heavy atom. The fraction of sp³-hybridized carbons (Fsp3) is 0.409. The van der Waals surface area contributed by atoms with Crippen molar-refractivity contribution >= 4 is 11.6 Å². The van der Waals surface area contributed by atoms with Crippen molar-refractivity contribution in [3.63, 3.8) is 0 Å². The minimum Gasteiger partial charge on any atom is -0.497 e. The highest BCUT2D eigenvalue weighted by molar-refractivity contribution is 6.04. The van der Waals surface area contributed by atoms with Crippen LogP contribution in [0, 0.1) is 0 Å². The fourth-order valence-electron chi connectivity index (χ4n) is 3.41. The number of likely N-dealkylation sites (tertiary alicyclic amines) is 1. The van der Waals surface area contributed by atoms with Gasteiger partial charge >= 0.3 is 0 Å². The Morgan fingerprint density at radius 2 is 1.63 bits per heavy atom. The van der Waals surface area contributed by atoms with Crippen LogP contribution in [0.5, 0.6) is 11.5 Å². The molecule has 2 aromatic rings. The number of hydrogen-bond donors (Lipinski definition) is 1. The van der Waals surface area contributed by atoms with E-state index in [9.17, 15) is 4.79 Å². The fourth-order valence-corrected chi connectivity index (χ4v) is 3.41. The molecule has 1 N–H and O–H groups in total. The topological polar surface area (TPSA) is 50.8 Å². The average Bonchev–Trinajstić information content (AvgIpc) is 3.22. The summed E-state index contributed by atoms with van der Waals surface area (Å²) in [4.78, 5) is 15.1. The number of amides is 1. The predicted octanol–water partition coefficient (Wildman–Crippen LogP) is 3.98. The zero-order valence-electron chi connectivity index (χ0n) is 16.2. The maximum Gasteiger partial charge on any atom is 0.255 e. The number of aryl methyl sites for hydroxylation is 1. The van der Waals surface area contributed by atoms with E-state index >= 15 is 0 Å². The summed E-state index contributed by atoms with van der Waals surface area (Å²) in [6.07, 6.45) is 4.92. The second-order valence-electron chi connectivity index (χ2n) is 6.90. The molecular formula is C22H28N2O3. The molecule has 1 heterocycles. The zero-order chi connectivity index (χ0) is 19.1. The van der Waals surface area contributed by atoms with Gasteiger partial charge in [0.1, 0.15) is 11.5 Å². The molecule has 2 aromatic carbocycles. The van der Waals surface area contributed by atoms with Crippen LogP contribution in [0.2, 0.25) is 0 Å². The van der Waals surface area contributed by atoms with Gasteiger partial charge in [-0.05, 0) is 75.1 Å². The number of carbonyl (C=O) groups is 1. The van der Waals surface area contributed by atoms with E-state index in [1.165, 1.54) is 44.5 Å². The molecule has 1 aliphatic rings. The molecule has 0 saturated carbocycles. The van der Waals surface area contributed by atoms with Crippen molar-refractivity contribution in [1.82, 2.24) is 4.90 Å². The second-order valence-corrected chi connectivity index (χ2v) is 6.90. The molecule has 0 radical (unpaired) electrons. The minimum atomic E-state index is -0.186. The first-order valence-electron chi connectivity index (χ1n) is 9.53. The van der Waals surface area contributed by atoms with Gasteiger partial charge in [-0.3, -0.25) is 4.79 Å². The summed E-state index contributed by atoms with van der Waals surface area (Å²) in [5.74, 6) is 0.995. The molecule has 1 fully saturated rings. The lowest BCUT2D eigenvalue weighted by molar-refractivity contribution is 0.102. The second kappa shape index (κ2) is 9.42. The predicted molar refractivity (Wildman–Crippen MR) is 108 cm³/mol. The van der Waals surface area contributed by atoms with E-state index in [0.717, 1.165) is 12.1 Å². The van der Waals surface area contributed by atoms with E-state index in [1.54, 1.807) is 32.4 Å². The summed E-state index contributed by atoms with van der Waals surface area (Å²) in [5, 5.41) is 2.93. The van der Waals surface area contributed by atoms with Crippen LogP contribution in [-0.4, -0.2) is 44.7 Å². The third-order valence-electron chi connectivity index (χ3n) is 4.96. The van der Waals surface area contributed by atoms with E-state index in [-0.39, 0.29) is 5.91 Å². The van der Waals surface area contributed by atoms with Gasteiger partial charge in [0.25, 0.3) is 5.91 Å². The van der Waals surface area contributed by atoms with Gasteiger partial charge in [0.2, 0.25) is 0 Å². The van der Waals surface area contributed by atoms with Gasteiger partial charge in [-0.2, -0.15) is 0 Å². The molecule has 5 heteroatoms. The Hall–Kier alpha value is -2.53. The molecule has 0 aromatic heterocycles. The number of rotatable bonds is 8. The standard InChI is InChI=1S/C22H28N2O3/c1-26-20-14-18(15-21(16-20)27-2)22(25)23-19-9-7-17(8-10-19)6-5-13-24-11-3-4-12-24/h7-10,14-16H,3-6,11-13H2,1-2H3,(H,23,25). The summed E-state index contributed by atoms with van der Waals surface area (Å²) in [7, 11) is 3.14. The first kappa shape index (κ1) is 19.2. The van der Waals surface area contributed by atoms with Crippen molar-refractivity contribution in [2.75, 3.05) is 39.2 Å². The van der Waals surface area contributed by atoms with Gasteiger partial charge in [-0.1, -0.05) is 12.1 Å². The van der Waals surface area contributed by atoms with Crippen LogP contribution in [0.25, 0.3) is 0 Å². The molecule has 1 amide bonds. The molecule has 0 unspecified atom stereocenters. The summed E-state index contributed by atoms with van der Waals surface area (Å²) in [6.45, 7) is 3.68. The molecule has 144 valence electrons. The number of hydrogen-bond acceptors (Lipinski definition) is 4. The van der Waals surface area contributed by atoms with Crippen molar-refractivity contribution in [2.24, 2.45) is 0 Å². The summed E-state index contributed by atoms with van der Waals surface area (Å²) < 4.78 is 10.4. The molecular weight excluding hydrogens is 340 g/mol. The summed E-state index contributed by atoms with van der Waals surface area (Å²) in [5.41, 5.74) is 2.58. The Labute approximate surface area is 161 Å². The first-order valence-corrected chi connectivity index (χ1v) is 9.53. The summed E-state index contributed by atoms with van der Waals surface area (Å²) >= 11 is 0. The number of nitrogens with zero attached hydrogens (tertiary/aromatic N) is 1. The number of carbonyl (C=O) groups excluding carboxylic acids is 1. The van der Waals surface area contributed by atoms with Gasteiger partial charge in [0.15, 0.2) is 0 Å². The SMILES string of the molecule is COc1cc(OC)cc(C(=O)Nc2ccc(CCCN3CCCC3)cc2)c1. The zero-order valence-corrected chi connectivity index (χ0v) is 16.2. The molecule has 0 bridgehead atoms. The number of nitrogens with one attached hydrogen (secondary N) is 1. The van der Waals surface area contributed by atoms with Crippen LogP contribution in [-0.2, 0) is 6.42 Å². The molecule has 0 aliphatic carbocycles. The Morgan fingerprint density at radius 3 is 2.22 bits per heavy atom. The molecule has 27 heavy (non-hydrogen) atoms. The van der Waals surface area contributed by atoms with Crippen molar-refractivity contribution in [2.45, 2.75) is 25.7 Å². The molecule has 1 aliphatic heterocycles. The molecule has 1 saturated heterocycles. The van der Waals surface area contributed by atoms with Crippen molar-refractivity contribution in [3.8, 4) is 11.5 Å². The number of anilines is 1. The molecule has 3 rings (SSSR count). The van der Waals surface area contributed by atoms with E-state index in [4.69, 9.17) is 9.47 Å². The third-order valence-corrected chi connectivity index (χ3v) is 4.96. The first-order chi connectivity index (χ1) is 13.2. The lowest BCUT2D eigenvalue weighted by atomic mass is 10.1. The van der Waals surface area contributed by atoms with E-state index in [1.807, 2.05) is 12.1 Å². The van der Waals surface area contributed by atoms with Gasteiger partial charge in [0.05, 0.1) is 14.2 Å². The third kappa shape index (κ3) is 5.47. The highest BCUT2D eigenvalue weighted by atomic mass is 16.5. The Balaban J connectivity index is 1.55. The smallest absolute Gasteiger partial charge is 0.255 e. The largest absolute Gasteiger partial charge is 0.497 e. The van der Waals surface area contributed by atoms with Crippen LogP contribution >= 0.6 is 0 Å². The normalized spacial score (nSPS) is 14.1. The van der Waals surface area contributed by atoms with Crippen molar-refractivity contribution in [3.05, 3.63) is 53.6 Å². The van der Waals surface area contributed by atoms with E-state index < -0.39 is 0 Å². The minimum absolute atomic E-state index is 0.186. The maximum absolute atomic E-state index is 12.5. The molecule has 0 atom stereocenters. The molecule has 5 nitrogen and oxygen atoms in total. The van der Waals surface area contributed by atoms with Crippen LogP contribution in [0.3, 0.4) is 0 Å². The quantitative estimate of drug-likeness (QED) is 0.766. The van der Waals surface area contributed by atoms with Crippen LogP contribution in [0.1, 0.15) is 35.2 Å². The van der Waals surface area contributed by atoms with Crippen LogP contribution < -0.4 is 14.8 Å². The lowest BCUT2D eigenvalue weighted by Crippen LogP contribution is -2.20. The average molecular weight is 368 g/mol. The van der Waals surface area contributed by atoms with E-state index in [0.29, 0.717) is 17.1 Å². The van der Waals surface area contributed by atoms with Gasteiger partial charge in [0, 0.05) is 17.3 Å². The van der Waals surface area contributed by atoms with Gasteiger partial charge < -0.3 is 19.7 Å². The maximum atomic E-state index is 12.5. The molecule has 0 spiro atoms. The van der Waals surface area contributed by atoms with Crippen molar-refractivity contribution < 1.29 is 14.3 Å². The van der Waals surface area contributed by atoms with E-state index in [2.05, 4.69) is 22.3 Å².